The average Bonchev–Trinajstić information content (AvgIpc) is 3.24. The van der Waals surface area contributed by atoms with Crippen LogP contribution in [0.2, 0.25) is 0 Å². The van der Waals surface area contributed by atoms with Gasteiger partial charge in [0.15, 0.2) is 16.7 Å². The maximum atomic E-state index is 14.1. The minimum atomic E-state index is -2.28. The molecule has 2 atom stereocenters. The van der Waals surface area contributed by atoms with Crippen molar-refractivity contribution in [2.24, 2.45) is 0 Å². The number of aromatic nitrogens is 5. The SMILES string of the molecule is O=C(C1=CC=CC(F)(Cl)C1Cl)N1CCn2c(nnc2-c2ncns2)C1. The van der Waals surface area contributed by atoms with Crippen LogP contribution in [0, 0.1) is 0 Å². The lowest BCUT2D eigenvalue weighted by atomic mass is 10.0. The molecule has 0 radical (unpaired) electrons. The molecule has 1 aliphatic carbocycles. The van der Waals surface area contributed by atoms with Gasteiger partial charge >= 0.3 is 0 Å². The van der Waals surface area contributed by atoms with Gasteiger partial charge in [-0.1, -0.05) is 23.8 Å². The van der Waals surface area contributed by atoms with Gasteiger partial charge in [-0.05, 0) is 17.6 Å². The van der Waals surface area contributed by atoms with Crippen LogP contribution in [0.5, 0.6) is 0 Å². The number of rotatable bonds is 2. The van der Waals surface area contributed by atoms with E-state index in [-0.39, 0.29) is 18.0 Å². The van der Waals surface area contributed by atoms with Crippen LogP contribution in [0.4, 0.5) is 4.39 Å². The van der Waals surface area contributed by atoms with Crippen molar-refractivity contribution in [3.05, 3.63) is 36.0 Å². The Morgan fingerprint density at radius 2 is 2.24 bits per heavy atom. The molecule has 3 heterocycles. The summed E-state index contributed by atoms with van der Waals surface area (Å²) >= 11 is 13.0. The number of nitrogens with zero attached hydrogens (tertiary/aromatic N) is 6. The standard InChI is InChI=1S/C14H11Cl2FN6OS/c15-10-8(2-1-3-14(10,16)17)13(24)22-4-5-23-9(6-22)20-21-11(23)12-18-7-19-25-12/h1-3,7,10H,4-6H2. The Hall–Kier alpha value is -1.84. The van der Waals surface area contributed by atoms with Gasteiger partial charge in [0.2, 0.25) is 5.13 Å². The maximum absolute atomic E-state index is 14.1. The number of hydrogen-bond donors (Lipinski definition) is 0. The zero-order chi connectivity index (χ0) is 17.6. The third-order valence-corrected chi connectivity index (χ3v) is 5.71. The van der Waals surface area contributed by atoms with Crippen molar-refractivity contribution in [3.63, 3.8) is 0 Å². The van der Waals surface area contributed by atoms with Crippen molar-refractivity contribution in [2.45, 2.75) is 23.6 Å². The molecule has 2 aromatic rings. The normalized spacial score (nSPS) is 25.6. The van der Waals surface area contributed by atoms with E-state index in [1.807, 2.05) is 4.57 Å². The molecule has 2 aromatic heterocycles. The number of allylic oxidation sites excluding steroid dienone is 3. The van der Waals surface area contributed by atoms with E-state index in [2.05, 4.69) is 19.6 Å². The third kappa shape index (κ3) is 2.86. The van der Waals surface area contributed by atoms with Gasteiger partial charge in [0, 0.05) is 18.7 Å². The van der Waals surface area contributed by atoms with Gasteiger partial charge in [-0.15, -0.1) is 21.8 Å². The molecule has 0 bridgehead atoms. The van der Waals surface area contributed by atoms with Crippen LogP contribution in [-0.2, 0) is 17.9 Å². The minimum absolute atomic E-state index is 0.124. The highest BCUT2D eigenvalue weighted by Crippen LogP contribution is 2.36. The number of carbonyl (C=O) groups is 1. The van der Waals surface area contributed by atoms with Gasteiger partial charge in [0.1, 0.15) is 11.7 Å². The van der Waals surface area contributed by atoms with Gasteiger partial charge in [-0.2, -0.15) is 4.37 Å². The number of hydrogen-bond acceptors (Lipinski definition) is 6. The second-order valence-electron chi connectivity index (χ2n) is 5.58. The molecule has 2 unspecified atom stereocenters. The van der Waals surface area contributed by atoms with Gasteiger partial charge in [0.05, 0.1) is 6.54 Å². The summed E-state index contributed by atoms with van der Waals surface area (Å²) < 4.78 is 20.0. The van der Waals surface area contributed by atoms with Crippen LogP contribution < -0.4 is 0 Å². The number of carbonyl (C=O) groups excluding carboxylic acids is 1. The first-order valence-corrected chi connectivity index (χ1v) is 8.96. The molecule has 0 saturated carbocycles. The van der Waals surface area contributed by atoms with Crippen molar-refractivity contribution < 1.29 is 9.18 Å². The van der Waals surface area contributed by atoms with Crippen molar-refractivity contribution >= 4 is 40.6 Å². The highest BCUT2D eigenvalue weighted by Gasteiger charge is 2.41. The predicted octanol–water partition coefficient (Wildman–Crippen LogP) is 2.15. The van der Waals surface area contributed by atoms with Gasteiger partial charge in [-0.3, -0.25) is 4.79 Å². The number of halogens is 3. The zero-order valence-corrected chi connectivity index (χ0v) is 15.0. The van der Waals surface area contributed by atoms with E-state index in [4.69, 9.17) is 23.2 Å². The summed E-state index contributed by atoms with van der Waals surface area (Å²) in [5, 5.41) is 5.41. The lowest BCUT2D eigenvalue weighted by Gasteiger charge is -2.32. The van der Waals surface area contributed by atoms with Gasteiger partial charge < -0.3 is 9.47 Å². The summed E-state index contributed by atoms with van der Waals surface area (Å²) in [4.78, 5) is 18.4. The van der Waals surface area contributed by atoms with Gasteiger partial charge in [0.25, 0.3) is 5.91 Å². The summed E-state index contributed by atoms with van der Waals surface area (Å²) in [6.45, 7) is 1.17. The minimum Gasteiger partial charge on any atom is -0.330 e. The Bertz CT molecular complexity index is 878. The van der Waals surface area contributed by atoms with Crippen LogP contribution in [-0.4, -0.2) is 52.0 Å². The van der Waals surface area contributed by atoms with Crippen LogP contribution in [0.1, 0.15) is 5.82 Å². The Morgan fingerprint density at radius 1 is 1.40 bits per heavy atom. The fraction of sp³-hybridized carbons (Fsp3) is 0.357. The van der Waals surface area contributed by atoms with Crippen molar-refractivity contribution in [1.29, 1.82) is 0 Å². The molecule has 11 heteroatoms. The summed E-state index contributed by atoms with van der Waals surface area (Å²) in [5.41, 5.74) is 0.124. The van der Waals surface area contributed by atoms with E-state index in [0.29, 0.717) is 29.7 Å². The van der Waals surface area contributed by atoms with Crippen molar-refractivity contribution in [3.8, 4) is 10.8 Å². The largest absolute Gasteiger partial charge is 0.330 e. The van der Waals surface area contributed by atoms with E-state index in [0.717, 1.165) is 6.08 Å². The van der Waals surface area contributed by atoms with Crippen molar-refractivity contribution in [2.75, 3.05) is 6.54 Å². The average molecular weight is 401 g/mol. The molecule has 0 N–H and O–H groups in total. The first-order chi connectivity index (χ1) is 12.0. The fourth-order valence-electron chi connectivity index (χ4n) is 2.78. The van der Waals surface area contributed by atoms with Crippen LogP contribution in [0.3, 0.4) is 0 Å². The molecule has 4 rings (SSSR count). The molecule has 0 saturated heterocycles. The molecule has 1 aliphatic heterocycles. The molecule has 7 nitrogen and oxygen atoms in total. The fourth-order valence-corrected chi connectivity index (χ4v) is 3.73. The Morgan fingerprint density at radius 3 is 3.00 bits per heavy atom. The van der Waals surface area contributed by atoms with E-state index in [9.17, 15) is 9.18 Å². The van der Waals surface area contributed by atoms with E-state index >= 15 is 0 Å². The van der Waals surface area contributed by atoms with E-state index < -0.39 is 10.5 Å². The quantitative estimate of drug-likeness (QED) is 0.721. The second-order valence-corrected chi connectivity index (χ2v) is 7.38. The molecule has 0 aromatic carbocycles. The van der Waals surface area contributed by atoms with E-state index in [1.54, 1.807) is 4.90 Å². The molecular formula is C14H11Cl2FN6OS. The third-order valence-electron chi connectivity index (χ3n) is 4.05. The first-order valence-electron chi connectivity index (χ1n) is 7.37. The summed E-state index contributed by atoms with van der Waals surface area (Å²) in [5.74, 6) is 0.891. The highest BCUT2D eigenvalue weighted by molar-refractivity contribution is 7.08. The molecule has 0 fully saturated rings. The Kier molecular flexibility index (Phi) is 4.09. The highest BCUT2D eigenvalue weighted by atomic mass is 35.5. The maximum Gasteiger partial charge on any atom is 0.251 e. The number of alkyl halides is 3. The monoisotopic (exact) mass is 400 g/mol. The Labute approximate surface area is 155 Å². The van der Waals surface area contributed by atoms with Crippen molar-refractivity contribution in [1.82, 2.24) is 29.0 Å². The molecule has 130 valence electrons. The molecular weight excluding hydrogens is 390 g/mol. The van der Waals surface area contributed by atoms with Crippen LogP contribution in [0.25, 0.3) is 10.8 Å². The summed E-state index contributed by atoms with van der Waals surface area (Å²) in [6, 6.07) is 0. The van der Waals surface area contributed by atoms with Crippen LogP contribution >= 0.6 is 34.7 Å². The first kappa shape index (κ1) is 16.6. The van der Waals surface area contributed by atoms with Crippen LogP contribution in [0.15, 0.2) is 30.1 Å². The number of amides is 1. The lowest BCUT2D eigenvalue weighted by molar-refractivity contribution is -0.128. The summed E-state index contributed by atoms with van der Waals surface area (Å²) in [6.07, 6.45) is 5.48. The van der Waals surface area contributed by atoms with E-state index in [1.165, 1.54) is 30.0 Å². The predicted molar refractivity (Wildman–Crippen MR) is 90.9 cm³/mol. The lowest BCUT2D eigenvalue weighted by Crippen LogP contribution is -2.43. The summed E-state index contributed by atoms with van der Waals surface area (Å²) in [7, 11) is 0. The topological polar surface area (TPSA) is 76.8 Å². The number of fused-ring (bicyclic) bond motifs is 1. The van der Waals surface area contributed by atoms with Gasteiger partial charge in [-0.25, -0.2) is 9.37 Å². The molecule has 1 amide bonds. The second kappa shape index (κ2) is 6.15. The zero-order valence-electron chi connectivity index (χ0n) is 12.6. The molecule has 0 spiro atoms. The smallest absolute Gasteiger partial charge is 0.251 e. The Balaban J connectivity index is 1.56. The molecule has 2 aliphatic rings. The molecule has 25 heavy (non-hydrogen) atoms.